The van der Waals surface area contributed by atoms with Crippen LogP contribution in [0.3, 0.4) is 0 Å². The van der Waals surface area contributed by atoms with Gasteiger partial charge in [-0.2, -0.15) is 0 Å². The van der Waals surface area contributed by atoms with Crippen LogP contribution in [0.1, 0.15) is 59.8 Å². The van der Waals surface area contributed by atoms with E-state index in [1.807, 2.05) is 0 Å². The van der Waals surface area contributed by atoms with Gasteiger partial charge in [0, 0.05) is 6.54 Å². The Morgan fingerprint density at radius 3 is 2.62 bits per heavy atom. The van der Waals surface area contributed by atoms with Crippen molar-refractivity contribution in [1.82, 2.24) is 10.2 Å². The van der Waals surface area contributed by atoms with Gasteiger partial charge in [0.1, 0.15) is 5.54 Å². The topological polar surface area (TPSA) is 58.4 Å². The predicted octanol–water partition coefficient (Wildman–Crippen LogP) is 2.38. The zero-order chi connectivity index (χ0) is 16.1. The molecule has 2 atom stereocenters. The summed E-state index contributed by atoms with van der Waals surface area (Å²) >= 11 is 0. The molecule has 2 unspecified atom stereocenters. The number of nitrogens with zero attached hydrogens (tertiary/aromatic N) is 1. The first-order valence-electron chi connectivity index (χ1n) is 8.45. The normalized spacial score (nSPS) is 26.5. The van der Waals surface area contributed by atoms with Crippen molar-refractivity contribution >= 4 is 5.91 Å². The van der Waals surface area contributed by atoms with E-state index in [1.165, 1.54) is 0 Å². The van der Waals surface area contributed by atoms with Crippen LogP contribution >= 0.6 is 0 Å². The molecule has 0 aliphatic heterocycles. The quantitative estimate of drug-likeness (QED) is 0.723. The van der Waals surface area contributed by atoms with Gasteiger partial charge in [-0.05, 0) is 57.2 Å². The Labute approximate surface area is 130 Å². The molecule has 0 aromatic carbocycles. The molecule has 4 nitrogen and oxygen atoms in total. The van der Waals surface area contributed by atoms with E-state index < -0.39 is 5.54 Å². The van der Waals surface area contributed by atoms with Gasteiger partial charge >= 0.3 is 0 Å². The Bertz CT molecular complexity index is 337. The maximum Gasteiger partial charge on any atom is 0.238 e. The van der Waals surface area contributed by atoms with E-state index in [0.717, 1.165) is 51.7 Å². The fourth-order valence-electron chi connectivity index (χ4n) is 3.73. The molecular weight excluding hydrogens is 262 g/mol. The maximum atomic E-state index is 12.1. The minimum atomic E-state index is -0.460. The van der Waals surface area contributed by atoms with Crippen molar-refractivity contribution in [3.8, 4) is 0 Å². The second-order valence-corrected chi connectivity index (χ2v) is 7.94. The highest BCUT2D eigenvalue weighted by molar-refractivity contribution is 5.85. The van der Waals surface area contributed by atoms with Crippen LogP contribution in [0.2, 0.25) is 0 Å². The third-order valence-corrected chi connectivity index (χ3v) is 4.55. The van der Waals surface area contributed by atoms with Crippen LogP contribution in [0.5, 0.6) is 0 Å². The van der Waals surface area contributed by atoms with Crippen LogP contribution in [0.25, 0.3) is 0 Å². The Kier molecular flexibility index (Phi) is 6.67. The van der Waals surface area contributed by atoms with E-state index in [4.69, 9.17) is 5.73 Å². The van der Waals surface area contributed by atoms with Gasteiger partial charge in [0.05, 0.1) is 0 Å². The van der Waals surface area contributed by atoms with Crippen LogP contribution in [0.4, 0.5) is 0 Å². The summed E-state index contributed by atoms with van der Waals surface area (Å²) in [4.78, 5) is 14.4. The van der Waals surface area contributed by atoms with Gasteiger partial charge in [0.15, 0.2) is 0 Å². The summed E-state index contributed by atoms with van der Waals surface area (Å²) in [7, 11) is 2.17. The number of nitrogens with two attached hydrogens (primary N) is 1. The number of nitrogens with one attached hydrogen (secondary N) is 1. The summed E-state index contributed by atoms with van der Waals surface area (Å²) in [5, 5.41) is 3.47. The lowest BCUT2D eigenvalue weighted by molar-refractivity contribution is -0.126. The van der Waals surface area contributed by atoms with Crippen molar-refractivity contribution in [2.24, 2.45) is 17.1 Å². The Hall–Kier alpha value is -0.610. The molecule has 0 saturated heterocycles. The SMILES string of the molecule is CCCNC1(C(N)=O)CCCC1CCN(C)CC(C)(C)C. The van der Waals surface area contributed by atoms with E-state index in [9.17, 15) is 4.79 Å². The van der Waals surface area contributed by atoms with Crippen molar-refractivity contribution in [3.63, 3.8) is 0 Å². The zero-order valence-electron chi connectivity index (χ0n) is 14.7. The smallest absolute Gasteiger partial charge is 0.238 e. The third-order valence-electron chi connectivity index (χ3n) is 4.55. The molecular formula is C17H35N3O. The van der Waals surface area contributed by atoms with Crippen LogP contribution in [-0.4, -0.2) is 43.0 Å². The standard InChI is InChI=1S/C17H35N3O/c1-6-11-19-17(15(18)21)10-7-8-14(17)9-12-20(5)13-16(2,3)4/h14,19H,6-13H2,1-5H3,(H2,18,21). The number of amides is 1. The lowest BCUT2D eigenvalue weighted by atomic mass is 9.83. The lowest BCUT2D eigenvalue weighted by Crippen LogP contribution is -2.58. The van der Waals surface area contributed by atoms with Crippen molar-refractivity contribution in [2.45, 2.75) is 65.3 Å². The Morgan fingerprint density at radius 1 is 1.43 bits per heavy atom. The second-order valence-electron chi connectivity index (χ2n) is 7.94. The molecule has 0 spiro atoms. The highest BCUT2D eigenvalue weighted by Crippen LogP contribution is 2.38. The van der Waals surface area contributed by atoms with Crippen molar-refractivity contribution in [3.05, 3.63) is 0 Å². The maximum absolute atomic E-state index is 12.1. The summed E-state index contributed by atoms with van der Waals surface area (Å²) in [6.45, 7) is 11.9. The second kappa shape index (κ2) is 7.59. The molecule has 0 bridgehead atoms. The van der Waals surface area contributed by atoms with Crippen LogP contribution < -0.4 is 11.1 Å². The highest BCUT2D eigenvalue weighted by Gasteiger charge is 2.46. The molecule has 124 valence electrons. The number of hydrogen-bond donors (Lipinski definition) is 2. The third kappa shape index (κ3) is 5.26. The molecule has 1 aliphatic rings. The molecule has 3 N–H and O–H groups in total. The summed E-state index contributed by atoms with van der Waals surface area (Å²) in [5.41, 5.74) is 5.61. The van der Waals surface area contributed by atoms with Gasteiger partial charge in [0.2, 0.25) is 5.91 Å². The van der Waals surface area contributed by atoms with E-state index >= 15 is 0 Å². The van der Waals surface area contributed by atoms with E-state index in [2.05, 4.69) is 45.0 Å². The minimum absolute atomic E-state index is 0.156. The van der Waals surface area contributed by atoms with E-state index in [0.29, 0.717) is 11.3 Å². The van der Waals surface area contributed by atoms with E-state index in [1.54, 1.807) is 0 Å². The molecule has 1 rings (SSSR count). The molecule has 1 fully saturated rings. The van der Waals surface area contributed by atoms with Gasteiger partial charge in [-0.25, -0.2) is 0 Å². The fourth-order valence-corrected chi connectivity index (χ4v) is 3.73. The molecule has 21 heavy (non-hydrogen) atoms. The van der Waals surface area contributed by atoms with Gasteiger partial charge in [-0.15, -0.1) is 0 Å². The van der Waals surface area contributed by atoms with Gasteiger partial charge < -0.3 is 16.0 Å². The van der Waals surface area contributed by atoms with Crippen molar-refractivity contribution in [1.29, 1.82) is 0 Å². The number of rotatable bonds is 8. The first-order chi connectivity index (χ1) is 9.71. The number of primary amides is 1. The Balaban J connectivity index is 2.61. The molecule has 0 radical (unpaired) electrons. The molecule has 1 amide bonds. The lowest BCUT2D eigenvalue weighted by Gasteiger charge is -2.35. The molecule has 0 heterocycles. The summed E-state index contributed by atoms with van der Waals surface area (Å²) in [6, 6.07) is 0. The molecule has 4 heteroatoms. The summed E-state index contributed by atoms with van der Waals surface area (Å²) in [5.74, 6) is 0.223. The van der Waals surface area contributed by atoms with Crippen LogP contribution in [-0.2, 0) is 4.79 Å². The summed E-state index contributed by atoms with van der Waals surface area (Å²) < 4.78 is 0. The van der Waals surface area contributed by atoms with E-state index in [-0.39, 0.29) is 5.91 Å². The van der Waals surface area contributed by atoms with Gasteiger partial charge in [-0.1, -0.05) is 34.1 Å². The Morgan fingerprint density at radius 2 is 2.10 bits per heavy atom. The summed E-state index contributed by atoms with van der Waals surface area (Å²) in [6.07, 6.45) is 5.20. The van der Waals surface area contributed by atoms with Gasteiger partial charge in [0.25, 0.3) is 0 Å². The molecule has 0 aromatic heterocycles. The number of carbonyl (C=O) groups excluding carboxylic acids is 1. The number of hydrogen-bond acceptors (Lipinski definition) is 3. The molecule has 1 saturated carbocycles. The van der Waals surface area contributed by atoms with Crippen molar-refractivity contribution in [2.75, 3.05) is 26.7 Å². The van der Waals surface area contributed by atoms with Crippen molar-refractivity contribution < 1.29 is 4.79 Å². The predicted molar refractivity (Wildman–Crippen MR) is 89.1 cm³/mol. The minimum Gasteiger partial charge on any atom is -0.368 e. The van der Waals surface area contributed by atoms with Crippen LogP contribution in [0.15, 0.2) is 0 Å². The monoisotopic (exact) mass is 297 g/mol. The molecule has 1 aliphatic carbocycles. The average Bonchev–Trinajstić information content (AvgIpc) is 2.76. The molecule has 0 aromatic rings. The first-order valence-corrected chi connectivity index (χ1v) is 8.45. The number of carbonyl (C=O) groups is 1. The fraction of sp³-hybridized carbons (Fsp3) is 0.941. The van der Waals surface area contributed by atoms with Crippen LogP contribution in [0, 0.1) is 11.3 Å². The van der Waals surface area contributed by atoms with Gasteiger partial charge in [-0.3, -0.25) is 4.79 Å². The first kappa shape index (κ1) is 18.4. The average molecular weight is 297 g/mol. The largest absolute Gasteiger partial charge is 0.368 e. The zero-order valence-corrected chi connectivity index (χ0v) is 14.7. The highest BCUT2D eigenvalue weighted by atomic mass is 16.1.